The molecule has 0 saturated heterocycles. The van der Waals surface area contributed by atoms with Crippen molar-refractivity contribution in [1.82, 2.24) is 15.1 Å². The summed E-state index contributed by atoms with van der Waals surface area (Å²) in [5, 5.41) is 3.84. The maximum atomic E-state index is 5.57. The number of rotatable bonds is 3. The number of alkyl halides is 1. The molecule has 0 atom stereocenters. The molecule has 0 aliphatic rings. The molecule has 0 spiro atoms. The van der Waals surface area contributed by atoms with Crippen LogP contribution < -0.4 is 0 Å². The van der Waals surface area contributed by atoms with Crippen LogP contribution in [-0.2, 0) is 6.42 Å². The van der Waals surface area contributed by atoms with Crippen LogP contribution in [0.3, 0.4) is 0 Å². The molecule has 5 heteroatoms. The van der Waals surface area contributed by atoms with Crippen molar-refractivity contribution in [2.45, 2.75) is 13.3 Å². The van der Waals surface area contributed by atoms with Gasteiger partial charge in [-0.1, -0.05) is 5.16 Å². The van der Waals surface area contributed by atoms with Crippen molar-refractivity contribution in [2.75, 3.05) is 5.88 Å². The molecule has 2 aromatic heterocycles. The summed E-state index contributed by atoms with van der Waals surface area (Å²) in [5.41, 5.74) is 1.84. The third kappa shape index (κ3) is 2.33. The summed E-state index contributed by atoms with van der Waals surface area (Å²) in [5.74, 6) is 1.53. The molecule has 0 aliphatic heterocycles. The lowest BCUT2D eigenvalue weighted by Crippen LogP contribution is -1.88. The van der Waals surface area contributed by atoms with E-state index in [0.29, 0.717) is 24.0 Å². The zero-order chi connectivity index (χ0) is 10.7. The monoisotopic (exact) mass is 223 g/mol. The Labute approximate surface area is 92.3 Å². The molecule has 0 radical (unpaired) electrons. The van der Waals surface area contributed by atoms with Gasteiger partial charge < -0.3 is 4.52 Å². The molecule has 2 aromatic rings. The summed E-state index contributed by atoms with van der Waals surface area (Å²) < 4.78 is 5.01. The lowest BCUT2D eigenvalue weighted by Gasteiger charge is -1.93. The molecule has 15 heavy (non-hydrogen) atoms. The first-order valence-corrected chi connectivity index (χ1v) is 5.14. The van der Waals surface area contributed by atoms with Crippen LogP contribution in [0.2, 0.25) is 0 Å². The number of hydrogen-bond acceptors (Lipinski definition) is 4. The van der Waals surface area contributed by atoms with E-state index in [1.165, 1.54) is 0 Å². The average Bonchev–Trinajstić information content (AvgIpc) is 2.67. The van der Waals surface area contributed by atoms with Crippen LogP contribution in [0, 0.1) is 6.92 Å². The molecule has 0 saturated carbocycles. The molecule has 0 amide bonds. The Hall–Kier alpha value is -1.42. The van der Waals surface area contributed by atoms with Gasteiger partial charge in [0.05, 0.1) is 0 Å². The molecule has 4 nitrogen and oxygen atoms in total. The third-order valence-corrected chi connectivity index (χ3v) is 2.11. The number of aromatic nitrogens is 3. The molecule has 0 bridgehead atoms. The topological polar surface area (TPSA) is 51.8 Å². The van der Waals surface area contributed by atoms with Crippen molar-refractivity contribution in [3.63, 3.8) is 0 Å². The largest absolute Gasteiger partial charge is 0.339 e. The Bertz CT molecular complexity index is 455. The molecule has 0 fully saturated rings. The van der Waals surface area contributed by atoms with E-state index in [9.17, 15) is 0 Å². The van der Waals surface area contributed by atoms with Crippen molar-refractivity contribution in [3.05, 3.63) is 29.8 Å². The second-order valence-electron chi connectivity index (χ2n) is 3.17. The predicted octanol–water partition coefficient (Wildman–Crippen LogP) is 2.22. The fourth-order valence-electron chi connectivity index (χ4n) is 1.20. The van der Waals surface area contributed by atoms with Gasteiger partial charge in [0.2, 0.25) is 11.7 Å². The van der Waals surface area contributed by atoms with Gasteiger partial charge in [0, 0.05) is 18.5 Å². The van der Waals surface area contributed by atoms with Gasteiger partial charge >= 0.3 is 0 Å². The van der Waals surface area contributed by atoms with Gasteiger partial charge in [0.25, 0.3) is 0 Å². The van der Waals surface area contributed by atoms with E-state index in [1.807, 2.05) is 19.1 Å². The van der Waals surface area contributed by atoms with Crippen LogP contribution in [-0.4, -0.2) is 21.0 Å². The van der Waals surface area contributed by atoms with Crippen LogP contribution in [0.25, 0.3) is 11.5 Å². The smallest absolute Gasteiger partial charge is 0.228 e. The summed E-state index contributed by atoms with van der Waals surface area (Å²) in [6.07, 6.45) is 2.31. The first-order valence-electron chi connectivity index (χ1n) is 4.61. The first kappa shape index (κ1) is 10.1. The Morgan fingerprint density at radius 2 is 2.33 bits per heavy atom. The normalized spacial score (nSPS) is 10.5. The highest BCUT2D eigenvalue weighted by Crippen LogP contribution is 2.14. The van der Waals surface area contributed by atoms with Gasteiger partial charge in [0.15, 0.2) is 0 Å². The minimum atomic E-state index is 0.475. The second-order valence-corrected chi connectivity index (χ2v) is 3.55. The van der Waals surface area contributed by atoms with Crippen molar-refractivity contribution in [2.24, 2.45) is 0 Å². The summed E-state index contributed by atoms with van der Waals surface area (Å²) in [4.78, 5) is 8.35. The summed E-state index contributed by atoms with van der Waals surface area (Å²) in [6.45, 7) is 1.99. The minimum absolute atomic E-state index is 0.475. The van der Waals surface area contributed by atoms with E-state index in [0.717, 1.165) is 11.3 Å². The molecule has 0 unspecified atom stereocenters. The lowest BCUT2D eigenvalue weighted by atomic mass is 10.2. The Morgan fingerprint density at radius 3 is 3.07 bits per heavy atom. The number of nitrogens with zero attached hydrogens (tertiary/aromatic N) is 3. The quantitative estimate of drug-likeness (QED) is 0.749. The number of aryl methyl sites for hydroxylation is 2. The van der Waals surface area contributed by atoms with E-state index >= 15 is 0 Å². The highest BCUT2D eigenvalue weighted by molar-refractivity contribution is 6.17. The Morgan fingerprint density at radius 1 is 1.47 bits per heavy atom. The lowest BCUT2D eigenvalue weighted by molar-refractivity contribution is 0.383. The molecule has 0 aromatic carbocycles. The molecular weight excluding hydrogens is 214 g/mol. The highest BCUT2D eigenvalue weighted by Gasteiger charge is 2.08. The second kappa shape index (κ2) is 4.40. The van der Waals surface area contributed by atoms with Crippen molar-refractivity contribution >= 4 is 11.6 Å². The minimum Gasteiger partial charge on any atom is -0.339 e. The van der Waals surface area contributed by atoms with Crippen molar-refractivity contribution in [3.8, 4) is 11.5 Å². The SMILES string of the molecule is Cc1ccnc(-c2noc(CCCl)n2)c1. The zero-order valence-corrected chi connectivity index (χ0v) is 9.03. The van der Waals surface area contributed by atoms with Crippen LogP contribution in [0.5, 0.6) is 0 Å². The highest BCUT2D eigenvalue weighted by atomic mass is 35.5. The van der Waals surface area contributed by atoms with E-state index in [2.05, 4.69) is 15.1 Å². The summed E-state index contributed by atoms with van der Waals surface area (Å²) in [6, 6.07) is 3.83. The van der Waals surface area contributed by atoms with Gasteiger partial charge in [-0.2, -0.15) is 4.98 Å². The van der Waals surface area contributed by atoms with Gasteiger partial charge in [-0.15, -0.1) is 11.6 Å². The predicted molar refractivity (Wildman–Crippen MR) is 56.7 cm³/mol. The number of pyridine rings is 1. The number of hydrogen-bond donors (Lipinski definition) is 0. The van der Waals surface area contributed by atoms with Crippen molar-refractivity contribution in [1.29, 1.82) is 0 Å². The van der Waals surface area contributed by atoms with Gasteiger partial charge in [0.1, 0.15) is 5.69 Å². The Kier molecular flexibility index (Phi) is 2.97. The number of halogens is 1. The molecule has 2 heterocycles. The first-order chi connectivity index (χ1) is 7.29. The molecule has 0 N–H and O–H groups in total. The third-order valence-electron chi connectivity index (χ3n) is 1.92. The fourth-order valence-corrected chi connectivity index (χ4v) is 1.36. The van der Waals surface area contributed by atoms with Crippen LogP contribution in [0.15, 0.2) is 22.9 Å². The molecule has 0 aliphatic carbocycles. The molecular formula is C10H10ClN3O. The van der Waals surface area contributed by atoms with E-state index < -0.39 is 0 Å². The van der Waals surface area contributed by atoms with Crippen LogP contribution in [0.4, 0.5) is 0 Å². The summed E-state index contributed by atoms with van der Waals surface area (Å²) in [7, 11) is 0. The van der Waals surface area contributed by atoms with Gasteiger partial charge in [-0.05, 0) is 24.6 Å². The average molecular weight is 224 g/mol. The fraction of sp³-hybridized carbons (Fsp3) is 0.300. The zero-order valence-electron chi connectivity index (χ0n) is 8.27. The maximum Gasteiger partial charge on any atom is 0.228 e. The molecule has 2 rings (SSSR count). The van der Waals surface area contributed by atoms with Gasteiger partial charge in [-0.3, -0.25) is 4.98 Å². The standard InChI is InChI=1S/C10H10ClN3O/c1-7-3-5-12-8(6-7)10-13-9(2-4-11)15-14-10/h3,5-6H,2,4H2,1H3. The Balaban J connectivity index is 2.29. The maximum absolute atomic E-state index is 5.57. The van der Waals surface area contributed by atoms with E-state index in [-0.39, 0.29) is 0 Å². The van der Waals surface area contributed by atoms with Crippen LogP contribution >= 0.6 is 11.6 Å². The van der Waals surface area contributed by atoms with E-state index in [1.54, 1.807) is 6.20 Å². The van der Waals surface area contributed by atoms with E-state index in [4.69, 9.17) is 16.1 Å². The molecule has 78 valence electrons. The summed E-state index contributed by atoms with van der Waals surface area (Å²) >= 11 is 5.57. The van der Waals surface area contributed by atoms with Crippen LogP contribution in [0.1, 0.15) is 11.5 Å². The van der Waals surface area contributed by atoms with Crippen molar-refractivity contribution < 1.29 is 4.52 Å². The van der Waals surface area contributed by atoms with Gasteiger partial charge in [-0.25, -0.2) is 0 Å².